The second-order valence-corrected chi connectivity index (χ2v) is 6.96. The first-order valence-electron chi connectivity index (χ1n) is 7.98. The molecule has 2 unspecified atom stereocenters. The Morgan fingerprint density at radius 3 is 2.70 bits per heavy atom. The van der Waals surface area contributed by atoms with Crippen LogP contribution in [0.25, 0.3) is 0 Å². The van der Waals surface area contributed by atoms with Crippen molar-refractivity contribution in [3.05, 3.63) is 34.9 Å². The summed E-state index contributed by atoms with van der Waals surface area (Å²) in [6.07, 6.45) is 2.08. The molecule has 1 aromatic carbocycles. The van der Waals surface area contributed by atoms with Gasteiger partial charge < -0.3 is 4.90 Å². The lowest BCUT2D eigenvalue weighted by molar-refractivity contribution is -0.126. The molecule has 2 fully saturated rings. The molecule has 0 N–H and O–H groups in total. The summed E-state index contributed by atoms with van der Waals surface area (Å²) in [4.78, 5) is 29.4. The molecule has 2 aliphatic heterocycles. The standard InChI is InChI=1S/C17H22ClN3O2/c1-19-8-4-6-13(10-21-15(22)11-20(2)17(21)23)16(19)12-5-3-7-14(18)9-12/h3,5,7,9,13,16H,4,6,8,10-11H2,1-2H3. The van der Waals surface area contributed by atoms with E-state index in [2.05, 4.69) is 18.0 Å². The van der Waals surface area contributed by atoms with Gasteiger partial charge in [-0.1, -0.05) is 23.7 Å². The molecule has 2 aliphatic rings. The molecule has 0 spiro atoms. The van der Waals surface area contributed by atoms with E-state index in [0.717, 1.165) is 24.9 Å². The summed E-state index contributed by atoms with van der Waals surface area (Å²) in [6.45, 7) is 1.67. The third-order valence-electron chi connectivity index (χ3n) is 4.85. The van der Waals surface area contributed by atoms with E-state index in [-0.39, 0.29) is 30.4 Å². The van der Waals surface area contributed by atoms with Gasteiger partial charge in [-0.25, -0.2) is 4.79 Å². The van der Waals surface area contributed by atoms with Crippen molar-refractivity contribution in [2.75, 3.05) is 33.7 Å². The van der Waals surface area contributed by atoms with E-state index in [1.807, 2.05) is 18.2 Å². The molecule has 1 aromatic rings. The number of benzene rings is 1. The van der Waals surface area contributed by atoms with Crippen molar-refractivity contribution in [1.29, 1.82) is 0 Å². The molecule has 0 bridgehead atoms. The van der Waals surface area contributed by atoms with Crippen molar-refractivity contribution in [1.82, 2.24) is 14.7 Å². The number of nitrogens with zero attached hydrogens (tertiary/aromatic N) is 3. The molecule has 2 heterocycles. The van der Waals surface area contributed by atoms with Gasteiger partial charge in [0, 0.05) is 24.7 Å². The number of piperidine rings is 1. The van der Waals surface area contributed by atoms with Crippen molar-refractivity contribution in [2.24, 2.45) is 5.92 Å². The third kappa shape index (κ3) is 3.21. The number of carbonyl (C=O) groups excluding carboxylic acids is 2. The van der Waals surface area contributed by atoms with Crippen molar-refractivity contribution in [3.8, 4) is 0 Å². The highest BCUT2D eigenvalue weighted by atomic mass is 35.5. The zero-order valence-electron chi connectivity index (χ0n) is 13.5. The molecule has 23 heavy (non-hydrogen) atoms. The Labute approximate surface area is 141 Å². The summed E-state index contributed by atoms with van der Waals surface area (Å²) < 4.78 is 0. The highest BCUT2D eigenvalue weighted by molar-refractivity contribution is 6.30. The zero-order valence-corrected chi connectivity index (χ0v) is 14.3. The molecular weight excluding hydrogens is 314 g/mol. The number of carbonyl (C=O) groups is 2. The Morgan fingerprint density at radius 2 is 2.04 bits per heavy atom. The Balaban J connectivity index is 1.84. The molecule has 5 nitrogen and oxygen atoms in total. The number of urea groups is 1. The highest BCUT2D eigenvalue weighted by Gasteiger charge is 2.39. The molecular formula is C17H22ClN3O2. The van der Waals surface area contributed by atoms with E-state index in [1.165, 1.54) is 9.80 Å². The van der Waals surface area contributed by atoms with E-state index in [1.54, 1.807) is 7.05 Å². The van der Waals surface area contributed by atoms with Gasteiger partial charge in [0.25, 0.3) is 0 Å². The van der Waals surface area contributed by atoms with Crippen LogP contribution in [0.1, 0.15) is 24.4 Å². The fourth-order valence-electron chi connectivity index (χ4n) is 3.75. The largest absolute Gasteiger partial charge is 0.326 e. The van der Waals surface area contributed by atoms with Crippen molar-refractivity contribution < 1.29 is 9.59 Å². The molecule has 0 aliphatic carbocycles. The van der Waals surface area contributed by atoms with Gasteiger partial charge in [-0.3, -0.25) is 14.6 Å². The Hall–Kier alpha value is -1.59. The van der Waals surface area contributed by atoms with Crippen molar-refractivity contribution in [2.45, 2.75) is 18.9 Å². The first-order chi connectivity index (χ1) is 11.0. The van der Waals surface area contributed by atoms with Crippen LogP contribution < -0.4 is 0 Å². The minimum absolute atomic E-state index is 0.101. The van der Waals surface area contributed by atoms with Crippen molar-refractivity contribution >= 4 is 23.5 Å². The van der Waals surface area contributed by atoms with Gasteiger partial charge in [0.1, 0.15) is 6.54 Å². The van der Waals surface area contributed by atoms with Gasteiger partial charge in [0.15, 0.2) is 0 Å². The number of imide groups is 1. The second kappa shape index (κ2) is 6.49. The van der Waals surface area contributed by atoms with Crippen LogP contribution in [-0.2, 0) is 4.79 Å². The lowest BCUT2D eigenvalue weighted by Gasteiger charge is -2.40. The van der Waals surface area contributed by atoms with Crippen molar-refractivity contribution in [3.63, 3.8) is 0 Å². The van der Waals surface area contributed by atoms with Gasteiger partial charge in [0.2, 0.25) is 5.91 Å². The topological polar surface area (TPSA) is 43.9 Å². The fraction of sp³-hybridized carbons (Fsp3) is 0.529. The molecule has 3 rings (SSSR count). The molecule has 3 amide bonds. The summed E-state index contributed by atoms with van der Waals surface area (Å²) in [6, 6.07) is 7.87. The maximum absolute atomic E-state index is 12.2. The van der Waals surface area contributed by atoms with E-state index in [9.17, 15) is 9.59 Å². The maximum atomic E-state index is 12.2. The summed E-state index contributed by atoms with van der Waals surface area (Å²) in [5, 5.41) is 0.716. The number of likely N-dealkylation sites (N-methyl/N-ethyl adjacent to an activating group) is 1. The number of amides is 3. The van der Waals surface area contributed by atoms with E-state index in [4.69, 9.17) is 11.6 Å². The molecule has 124 valence electrons. The van der Waals surface area contributed by atoms with Gasteiger partial charge in [0.05, 0.1) is 0 Å². The maximum Gasteiger partial charge on any atom is 0.326 e. The molecule has 2 saturated heterocycles. The number of hydrogen-bond acceptors (Lipinski definition) is 3. The molecule has 6 heteroatoms. The molecule has 0 saturated carbocycles. The second-order valence-electron chi connectivity index (χ2n) is 6.53. The summed E-state index contributed by atoms with van der Waals surface area (Å²) in [5.41, 5.74) is 1.15. The Bertz CT molecular complexity index is 622. The van der Waals surface area contributed by atoms with Crippen LogP contribution in [-0.4, -0.2) is 60.4 Å². The van der Waals surface area contributed by atoms with E-state index < -0.39 is 0 Å². The SMILES string of the molecule is CN1CC(=O)N(CC2CCCN(C)C2c2cccc(Cl)c2)C1=O. The number of hydrogen-bond donors (Lipinski definition) is 0. The highest BCUT2D eigenvalue weighted by Crippen LogP contribution is 2.36. The quantitative estimate of drug-likeness (QED) is 0.798. The normalized spacial score (nSPS) is 26.2. The average Bonchev–Trinajstić information content (AvgIpc) is 2.74. The van der Waals surface area contributed by atoms with E-state index in [0.29, 0.717) is 11.6 Å². The Kier molecular flexibility index (Phi) is 4.60. The van der Waals surface area contributed by atoms with Gasteiger partial charge in [-0.2, -0.15) is 0 Å². The van der Waals surface area contributed by atoms with Crippen LogP contribution in [0, 0.1) is 5.92 Å². The monoisotopic (exact) mass is 335 g/mol. The first-order valence-corrected chi connectivity index (χ1v) is 8.36. The van der Waals surface area contributed by atoms with Gasteiger partial charge in [-0.05, 0) is 50.0 Å². The Morgan fingerprint density at radius 1 is 1.26 bits per heavy atom. The molecule has 2 atom stereocenters. The van der Waals surface area contributed by atoms with Crippen LogP contribution in [0.2, 0.25) is 5.02 Å². The van der Waals surface area contributed by atoms with Crippen LogP contribution in [0.5, 0.6) is 0 Å². The predicted octanol–water partition coefficient (Wildman–Crippen LogP) is 2.62. The van der Waals surface area contributed by atoms with Crippen LogP contribution >= 0.6 is 11.6 Å². The first kappa shape index (κ1) is 16.3. The number of rotatable bonds is 3. The van der Waals surface area contributed by atoms with Gasteiger partial charge >= 0.3 is 6.03 Å². The number of likely N-dealkylation sites (tertiary alicyclic amines) is 1. The smallest absolute Gasteiger partial charge is 0.318 e. The van der Waals surface area contributed by atoms with Crippen LogP contribution in [0.4, 0.5) is 4.79 Å². The molecule has 0 aromatic heterocycles. The van der Waals surface area contributed by atoms with Crippen LogP contribution in [0.15, 0.2) is 24.3 Å². The fourth-order valence-corrected chi connectivity index (χ4v) is 3.95. The summed E-state index contributed by atoms with van der Waals surface area (Å²) in [7, 11) is 3.76. The van der Waals surface area contributed by atoms with E-state index >= 15 is 0 Å². The minimum Gasteiger partial charge on any atom is -0.318 e. The van der Waals surface area contributed by atoms with Gasteiger partial charge in [-0.15, -0.1) is 0 Å². The summed E-state index contributed by atoms with van der Waals surface area (Å²) >= 11 is 6.15. The third-order valence-corrected chi connectivity index (χ3v) is 5.08. The lowest BCUT2D eigenvalue weighted by atomic mass is 9.84. The minimum atomic E-state index is -0.187. The average molecular weight is 336 g/mol. The zero-order chi connectivity index (χ0) is 16.6. The summed E-state index contributed by atoms with van der Waals surface area (Å²) in [5.74, 6) is 0.127. The molecule has 0 radical (unpaired) electrons. The van der Waals surface area contributed by atoms with Crippen LogP contribution in [0.3, 0.4) is 0 Å². The predicted molar refractivity (Wildman–Crippen MR) is 89.3 cm³/mol. The lowest BCUT2D eigenvalue weighted by Crippen LogP contribution is -2.44. The number of halogens is 1.